The third kappa shape index (κ3) is 2.99. The molecule has 4 heteroatoms. The first-order valence-electron chi connectivity index (χ1n) is 8.54. The fraction of sp³-hybridized carbons (Fsp3) is 0.667. The lowest BCUT2D eigenvalue weighted by Gasteiger charge is -2.41. The van der Waals surface area contributed by atoms with E-state index in [0.717, 1.165) is 34.7 Å². The van der Waals surface area contributed by atoms with E-state index < -0.39 is 0 Å². The van der Waals surface area contributed by atoms with E-state index >= 15 is 0 Å². The number of fused-ring (bicyclic) bond motifs is 2. The normalized spacial score (nSPS) is 28.6. The Labute approximate surface area is 137 Å². The largest absolute Gasteiger partial charge is 0.467 e. The van der Waals surface area contributed by atoms with Gasteiger partial charge in [-0.05, 0) is 43.4 Å². The van der Waals surface area contributed by atoms with E-state index in [1.165, 1.54) is 50.8 Å². The van der Waals surface area contributed by atoms with E-state index in [-0.39, 0.29) is 0 Å². The van der Waals surface area contributed by atoms with Crippen molar-refractivity contribution >= 4 is 11.6 Å². The summed E-state index contributed by atoms with van der Waals surface area (Å²) in [5, 5.41) is 0.787. The van der Waals surface area contributed by atoms with Gasteiger partial charge in [-0.25, -0.2) is 0 Å². The van der Waals surface area contributed by atoms with E-state index in [9.17, 15) is 0 Å². The van der Waals surface area contributed by atoms with Crippen LogP contribution in [-0.2, 0) is 17.9 Å². The van der Waals surface area contributed by atoms with Gasteiger partial charge in [-0.15, -0.1) is 0 Å². The highest BCUT2D eigenvalue weighted by atomic mass is 35.5. The van der Waals surface area contributed by atoms with E-state index in [4.69, 9.17) is 21.1 Å². The summed E-state index contributed by atoms with van der Waals surface area (Å²) in [7, 11) is 0. The number of likely N-dealkylation sites (tertiary alicyclic amines) is 1. The Kier molecular flexibility index (Phi) is 4.29. The van der Waals surface area contributed by atoms with Crippen LogP contribution in [0.3, 0.4) is 0 Å². The smallest absolute Gasteiger partial charge is 0.189 e. The quantitative estimate of drug-likeness (QED) is 0.814. The van der Waals surface area contributed by atoms with Crippen LogP contribution in [0.5, 0.6) is 5.75 Å². The van der Waals surface area contributed by atoms with Crippen LogP contribution in [0.4, 0.5) is 0 Å². The van der Waals surface area contributed by atoms with Gasteiger partial charge in [-0.1, -0.05) is 30.9 Å². The summed E-state index contributed by atoms with van der Waals surface area (Å²) in [6, 6.07) is 4.03. The zero-order valence-corrected chi connectivity index (χ0v) is 13.8. The van der Waals surface area contributed by atoms with Gasteiger partial charge in [-0.3, -0.25) is 4.90 Å². The molecule has 3 aliphatic rings. The third-order valence-electron chi connectivity index (χ3n) is 5.52. The molecule has 120 valence electrons. The summed E-state index contributed by atoms with van der Waals surface area (Å²) < 4.78 is 11.1. The molecule has 3 nitrogen and oxygen atoms in total. The van der Waals surface area contributed by atoms with Crippen molar-refractivity contribution in [1.29, 1.82) is 0 Å². The molecule has 22 heavy (non-hydrogen) atoms. The van der Waals surface area contributed by atoms with Crippen LogP contribution in [0.1, 0.15) is 43.2 Å². The minimum atomic E-state index is 0.354. The molecule has 2 atom stereocenters. The van der Waals surface area contributed by atoms with Crippen molar-refractivity contribution in [2.24, 2.45) is 11.8 Å². The molecule has 1 aromatic rings. The second-order valence-electron chi connectivity index (χ2n) is 6.99. The summed E-state index contributed by atoms with van der Waals surface area (Å²) in [5.41, 5.74) is 2.31. The van der Waals surface area contributed by atoms with Crippen molar-refractivity contribution in [3.8, 4) is 5.75 Å². The number of hydrogen-bond donors (Lipinski definition) is 0. The molecule has 1 aliphatic carbocycles. The average molecular weight is 322 g/mol. The van der Waals surface area contributed by atoms with Gasteiger partial charge >= 0.3 is 0 Å². The standard InChI is InChI=1S/C18H24ClNO2/c19-17-7-15(18-16(8-17)11-21-12-22-18)10-20-6-5-13-3-1-2-4-14(13)9-20/h7-8,13-14H,1-6,9-12H2/t13-,14+/m1/s1. The summed E-state index contributed by atoms with van der Waals surface area (Å²) in [6.07, 6.45) is 7.08. The molecule has 0 unspecified atom stereocenters. The number of nitrogens with zero attached hydrogens (tertiary/aromatic N) is 1. The lowest BCUT2D eigenvalue weighted by molar-refractivity contribution is -0.0178. The number of rotatable bonds is 2. The van der Waals surface area contributed by atoms with Gasteiger partial charge in [0.2, 0.25) is 0 Å². The molecule has 0 aromatic heterocycles. The Bertz CT molecular complexity index is 548. The first kappa shape index (κ1) is 14.8. The fourth-order valence-corrected chi connectivity index (χ4v) is 4.70. The molecular formula is C18H24ClNO2. The molecule has 2 aliphatic heterocycles. The molecule has 1 saturated carbocycles. The maximum Gasteiger partial charge on any atom is 0.189 e. The van der Waals surface area contributed by atoms with E-state index in [0.29, 0.717) is 13.4 Å². The maximum atomic E-state index is 6.28. The minimum absolute atomic E-state index is 0.354. The van der Waals surface area contributed by atoms with Gasteiger partial charge in [0.25, 0.3) is 0 Å². The molecular weight excluding hydrogens is 298 g/mol. The monoisotopic (exact) mass is 321 g/mol. The topological polar surface area (TPSA) is 21.7 Å². The van der Waals surface area contributed by atoms with Crippen LogP contribution in [0.15, 0.2) is 12.1 Å². The van der Waals surface area contributed by atoms with Crippen molar-refractivity contribution in [3.05, 3.63) is 28.3 Å². The summed E-state index contributed by atoms with van der Waals surface area (Å²) in [5.74, 6) is 2.88. The Hall–Kier alpha value is -0.770. The Balaban J connectivity index is 1.50. The zero-order chi connectivity index (χ0) is 14.9. The first-order valence-corrected chi connectivity index (χ1v) is 8.91. The highest BCUT2D eigenvalue weighted by molar-refractivity contribution is 6.30. The van der Waals surface area contributed by atoms with Crippen molar-refractivity contribution in [3.63, 3.8) is 0 Å². The number of hydrogen-bond acceptors (Lipinski definition) is 3. The average Bonchev–Trinajstić information content (AvgIpc) is 2.54. The van der Waals surface area contributed by atoms with Gasteiger partial charge in [0.15, 0.2) is 6.79 Å². The molecule has 0 N–H and O–H groups in total. The van der Waals surface area contributed by atoms with Crippen molar-refractivity contribution in [2.45, 2.75) is 45.3 Å². The molecule has 4 rings (SSSR count). The lowest BCUT2D eigenvalue weighted by atomic mass is 9.75. The number of benzene rings is 1. The second kappa shape index (κ2) is 6.38. The molecule has 2 heterocycles. The van der Waals surface area contributed by atoms with E-state index in [2.05, 4.69) is 11.0 Å². The zero-order valence-electron chi connectivity index (χ0n) is 13.0. The van der Waals surface area contributed by atoms with Crippen molar-refractivity contribution in [2.75, 3.05) is 19.9 Å². The molecule has 0 amide bonds. The molecule has 0 radical (unpaired) electrons. The predicted molar refractivity (Wildman–Crippen MR) is 87.1 cm³/mol. The lowest BCUT2D eigenvalue weighted by Crippen LogP contribution is -2.41. The minimum Gasteiger partial charge on any atom is -0.467 e. The van der Waals surface area contributed by atoms with Crippen LogP contribution in [0.2, 0.25) is 5.02 Å². The van der Waals surface area contributed by atoms with Gasteiger partial charge in [0.1, 0.15) is 5.75 Å². The van der Waals surface area contributed by atoms with Crippen LogP contribution in [0.25, 0.3) is 0 Å². The van der Waals surface area contributed by atoms with E-state index in [1.54, 1.807) is 0 Å². The molecule has 1 aromatic carbocycles. The molecule has 0 spiro atoms. The maximum absolute atomic E-state index is 6.28. The predicted octanol–water partition coefficient (Wildman–Crippen LogP) is 4.22. The molecule has 1 saturated heterocycles. The van der Waals surface area contributed by atoms with Gasteiger partial charge in [0, 0.05) is 29.2 Å². The van der Waals surface area contributed by atoms with Crippen LogP contribution >= 0.6 is 11.6 Å². The first-order chi connectivity index (χ1) is 10.8. The molecule has 2 fully saturated rings. The van der Waals surface area contributed by atoms with Gasteiger partial charge in [-0.2, -0.15) is 0 Å². The number of halogens is 1. The fourth-order valence-electron chi connectivity index (χ4n) is 4.43. The van der Waals surface area contributed by atoms with Crippen LogP contribution in [-0.4, -0.2) is 24.8 Å². The second-order valence-corrected chi connectivity index (χ2v) is 7.43. The van der Waals surface area contributed by atoms with Gasteiger partial charge in [0.05, 0.1) is 6.61 Å². The number of piperidine rings is 1. The Morgan fingerprint density at radius 3 is 2.91 bits per heavy atom. The highest BCUT2D eigenvalue weighted by Crippen LogP contribution is 2.38. The summed E-state index contributed by atoms with van der Waals surface area (Å²) in [4.78, 5) is 2.59. The van der Waals surface area contributed by atoms with Crippen LogP contribution in [0, 0.1) is 11.8 Å². The molecule has 0 bridgehead atoms. The van der Waals surface area contributed by atoms with Crippen molar-refractivity contribution < 1.29 is 9.47 Å². The van der Waals surface area contributed by atoms with Gasteiger partial charge < -0.3 is 9.47 Å². The summed E-state index contributed by atoms with van der Waals surface area (Å²) in [6.45, 7) is 4.35. The van der Waals surface area contributed by atoms with Crippen LogP contribution < -0.4 is 4.74 Å². The highest BCUT2D eigenvalue weighted by Gasteiger charge is 2.31. The SMILES string of the molecule is Clc1cc2c(c(CN3CC[C@H]4CCCC[C@H]4C3)c1)OCOC2. The third-order valence-corrected chi connectivity index (χ3v) is 5.74. The number of ether oxygens (including phenoxy) is 2. The Morgan fingerprint density at radius 1 is 1.14 bits per heavy atom. The van der Waals surface area contributed by atoms with E-state index in [1.807, 2.05) is 6.07 Å². The summed E-state index contributed by atoms with van der Waals surface area (Å²) >= 11 is 6.28. The van der Waals surface area contributed by atoms with Crippen molar-refractivity contribution in [1.82, 2.24) is 4.90 Å². The Morgan fingerprint density at radius 2 is 2.00 bits per heavy atom.